The molecule has 1 aromatic carbocycles. The van der Waals surface area contributed by atoms with Gasteiger partial charge >= 0.3 is 6.03 Å². The molecule has 0 aromatic heterocycles. The lowest BCUT2D eigenvalue weighted by atomic mass is 9.87. The fraction of sp³-hybridized carbons (Fsp3) is 0.308. The van der Waals surface area contributed by atoms with E-state index in [1.165, 1.54) is 0 Å². The Balaban J connectivity index is 2.45. The highest BCUT2D eigenvalue weighted by Crippen LogP contribution is 2.32. The van der Waals surface area contributed by atoms with Crippen LogP contribution in [0.15, 0.2) is 24.3 Å². The summed E-state index contributed by atoms with van der Waals surface area (Å²) in [6.07, 6.45) is 0.404. The maximum Gasteiger partial charge on any atom is 0.326 e. The number of urea groups is 1. The van der Waals surface area contributed by atoms with Crippen molar-refractivity contribution in [3.8, 4) is 6.07 Å². The summed E-state index contributed by atoms with van der Waals surface area (Å²) >= 11 is 5.82. The first-order valence-corrected chi connectivity index (χ1v) is 6.20. The molecule has 3 amide bonds. The number of imide groups is 1. The van der Waals surface area contributed by atoms with E-state index in [1.54, 1.807) is 24.3 Å². The minimum absolute atomic E-state index is 0.250. The van der Waals surface area contributed by atoms with Gasteiger partial charge in [0.05, 0.1) is 6.07 Å². The van der Waals surface area contributed by atoms with Crippen molar-refractivity contribution in [3.05, 3.63) is 34.9 Å². The van der Waals surface area contributed by atoms with Gasteiger partial charge in [0.15, 0.2) is 0 Å². The topological polar surface area (TPSA) is 73.2 Å². The van der Waals surface area contributed by atoms with Crippen LogP contribution in [0, 0.1) is 11.3 Å². The molecule has 1 heterocycles. The molecule has 0 unspecified atom stereocenters. The molecule has 6 heteroatoms. The summed E-state index contributed by atoms with van der Waals surface area (Å²) in [5, 5.41) is 11.9. The first-order valence-electron chi connectivity index (χ1n) is 5.82. The average molecular weight is 278 g/mol. The van der Waals surface area contributed by atoms with Gasteiger partial charge in [0.25, 0.3) is 5.91 Å². The minimum Gasteiger partial charge on any atom is -0.319 e. The fourth-order valence-corrected chi connectivity index (χ4v) is 2.34. The summed E-state index contributed by atoms with van der Waals surface area (Å²) in [6, 6.07) is 8.03. The van der Waals surface area contributed by atoms with E-state index < -0.39 is 17.5 Å². The predicted octanol–water partition coefficient (Wildman–Crippen LogP) is 2.02. The number of rotatable bonds is 3. The van der Waals surface area contributed by atoms with Crippen LogP contribution in [0.4, 0.5) is 4.79 Å². The molecule has 5 nitrogen and oxygen atoms in total. The van der Waals surface area contributed by atoms with Crippen molar-refractivity contribution in [3.63, 3.8) is 0 Å². The van der Waals surface area contributed by atoms with E-state index in [1.807, 2.05) is 13.0 Å². The summed E-state index contributed by atoms with van der Waals surface area (Å²) in [6.45, 7) is 1.56. The quantitative estimate of drug-likeness (QED) is 0.678. The smallest absolute Gasteiger partial charge is 0.319 e. The second-order valence-corrected chi connectivity index (χ2v) is 4.68. The van der Waals surface area contributed by atoms with Gasteiger partial charge in [-0.3, -0.25) is 4.79 Å². The lowest BCUT2D eigenvalue weighted by molar-refractivity contribution is -0.131. The van der Waals surface area contributed by atoms with E-state index >= 15 is 0 Å². The van der Waals surface area contributed by atoms with Gasteiger partial charge in [0, 0.05) is 5.02 Å². The third-order valence-corrected chi connectivity index (χ3v) is 3.52. The molecule has 0 aliphatic carbocycles. The molecular weight excluding hydrogens is 266 g/mol. The van der Waals surface area contributed by atoms with E-state index in [0.717, 1.165) is 4.90 Å². The summed E-state index contributed by atoms with van der Waals surface area (Å²) in [5.74, 6) is -0.399. The van der Waals surface area contributed by atoms with Crippen molar-refractivity contribution in [2.24, 2.45) is 0 Å². The van der Waals surface area contributed by atoms with Gasteiger partial charge in [-0.15, -0.1) is 0 Å². The highest BCUT2D eigenvalue weighted by Gasteiger charge is 2.51. The highest BCUT2D eigenvalue weighted by molar-refractivity contribution is 6.30. The number of carbonyl (C=O) groups excluding carboxylic acids is 2. The number of nitrogens with one attached hydrogen (secondary N) is 1. The van der Waals surface area contributed by atoms with Crippen molar-refractivity contribution in [1.29, 1.82) is 5.26 Å². The Morgan fingerprint density at radius 2 is 2.00 bits per heavy atom. The first kappa shape index (κ1) is 13.4. The van der Waals surface area contributed by atoms with Crippen molar-refractivity contribution < 1.29 is 9.59 Å². The van der Waals surface area contributed by atoms with Gasteiger partial charge in [-0.2, -0.15) is 5.26 Å². The normalized spacial score (nSPS) is 22.3. The molecule has 1 aromatic rings. The molecule has 2 rings (SSSR count). The second kappa shape index (κ2) is 4.90. The summed E-state index contributed by atoms with van der Waals surface area (Å²) in [7, 11) is 0. The number of benzene rings is 1. The lowest BCUT2D eigenvalue weighted by Crippen LogP contribution is -2.43. The average Bonchev–Trinajstić information content (AvgIpc) is 2.65. The summed E-state index contributed by atoms with van der Waals surface area (Å²) in [4.78, 5) is 25.1. The van der Waals surface area contributed by atoms with Gasteiger partial charge in [0.2, 0.25) is 0 Å². The Kier molecular flexibility index (Phi) is 3.45. The summed E-state index contributed by atoms with van der Waals surface area (Å²) < 4.78 is 0. The molecule has 1 fully saturated rings. The minimum atomic E-state index is -1.10. The molecule has 0 radical (unpaired) electrons. The molecule has 0 spiro atoms. The fourth-order valence-electron chi connectivity index (χ4n) is 2.21. The van der Waals surface area contributed by atoms with Crippen LogP contribution in [-0.2, 0) is 10.3 Å². The van der Waals surface area contributed by atoms with Crippen LogP contribution in [0.25, 0.3) is 0 Å². The van der Waals surface area contributed by atoms with Crippen molar-refractivity contribution in [2.45, 2.75) is 18.9 Å². The Morgan fingerprint density at radius 1 is 1.37 bits per heavy atom. The van der Waals surface area contributed by atoms with Crippen LogP contribution in [-0.4, -0.2) is 23.4 Å². The van der Waals surface area contributed by atoms with Crippen LogP contribution in [0.5, 0.6) is 0 Å². The molecule has 98 valence electrons. The monoisotopic (exact) mass is 277 g/mol. The van der Waals surface area contributed by atoms with Gasteiger partial charge in [0.1, 0.15) is 12.1 Å². The maximum absolute atomic E-state index is 12.4. The van der Waals surface area contributed by atoms with Gasteiger partial charge in [-0.25, -0.2) is 9.69 Å². The Morgan fingerprint density at radius 3 is 2.53 bits per heavy atom. The largest absolute Gasteiger partial charge is 0.326 e. The molecule has 19 heavy (non-hydrogen) atoms. The van der Waals surface area contributed by atoms with E-state index in [9.17, 15) is 9.59 Å². The van der Waals surface area contributed by atoms with E-state index in [2.05, 4.69) is 5.32 Å². The van der Waals surface area contributed by atoms with Crippen molar-refractivity contribution >= 4 is 23.5 Å². The molecule has 0 saturated carbocycles. The van der Waals surface area contributed by atoms with Crippen LogP contribution in [0.3, 0.4) is 0 Å². The lowest BCUT2D eigenvalue weighted by Gasteiger charge is -2.25. The third-order valence-electron chi connectivity index (χ3n) is 3.27. The van der Waals surface area contributed by atoms with Gasteiger partial charge in [-0.1, -0.05) is 30.7 Å². The van der Waals surface area contributed by atoms with E-state index in [4.69, 9.17) is 16.9 Å². The van der Waals surface area contributed by atoms with Crippen molar-refractivity contribution in [2.75, 3.05) is 6.54 Å². The van der Waals surface area contributed by atoms with Crippen LogP contribution >= 0.6 is 11.6 Å². The summed E-state index contributed by atoms with van der Waals surface area (Å²) in [5.41, 5.74) is -0.434. The number of nitrogens with zero attached hydrogens (tertiary/aromatic N) is 2. The zero-order valence-electron chi connectivity index (χ0n) is 10.3. The number of nitriles is 1. The highest BCUT2D eigenvalue weighted by atomic mass is 35.5. The Labute approximate surface area is 115 Å². The Hall–Kier alpha value is -2.06. The van der Waals surface area contributed by atoms with Crippen LogP contribution in [0.1, 0.15) is 18.9 Å². The second-order valence-electron chi connectivity index (χ2n) is 4.25. The van der Waals surface area contributed by atoms with Gasteiger partial charge in [-0.05, 0) is 24.1 Å². The Bertz CT molecular complexity index is 564. The van der Waals surface area contributed by atoms with Gasteiger partial charge < -0.3 is 5.32 Å². The number of amides is 3. The zero-order valence-corrected chi connectivity index (χ0v) is 11.1. The number of halogens is 1. The number of hydrogen-bond donors (Lipinski definition) is 1. The maximum atomic E-state index is 12.4. The standard InChI is InChI=1S/C13H12ClN3O2/c1-2-13(9-3-5-10(14)6-4-9)11(18)17(8-7-15)12(19)16-13/h3-6H,2,8H2,1H3,(H,16,19)/t13-/m1/s1. The molecule has 0 bridgehead atoms. The van der Waals surface area contributed by atoms with Crippen LogP contribution in [0.2, 0.25) is 5.02 Å². The molecule has 1 saturated heterocycles. The van der Waals surface area contributed by atoms with E-state index in [0.29, 0.717) is 17.0 Å². The van der Waals surface area contributed by atoms with E-state index in [-0.39, 0.29) is 6.54 Å². The first-order chi connectivity index (χ1) is 9.05. The predicted molar refractivity (Wildman–Crippen MR) is 69.3 cm³/mol. The third kappa shape index (κ3) is 2.04. The number of hydrogen-bond acceptors (Lipinski definition) is 3. The molecule has 1 atom stereocenters. The molecule has 1 aliphatic heterocycles. The van der Waals surface area contributed by atoms with Crippen molar-refractivity contribution in [1.82, 2.24) is 10.2 Å². The molecule has 1 N–H and O–H groups in total. The molecule has 1 aliphatic rings. The molecular formula is C13H12ClN3O2. The van der Waals surface area contributed by atoms with Crippen LogP contribution < -0.4 is 5.32 Å². The zero-order chi connectivity index (χ0) is 14.0. The number of carbonyl (C=O) groups is 2. The SMILES string of the molecule is CC[C@]1(c2ccc(Cl)cc2)NC(=O)N(CC#N)C1=O.